The molecule has 0 amide bonds. The van der Waals surface area contributed by atoms with Gasteiger partial charge in [-0.15, -0.1) is 0 Å². The lowest BCUT2D eigenvalue weighted by Gasteiger charge is -2.43. The Morgan fingerprint density at radius 2 is 1.60 bits per heavy atom. The summed E-state index contributed by atoms with van der Waals surface area (Å²) in [6.45, 7) is 7.45. The number of esters is 1. The Balaban J connectivity index is 1.81. The topological polar surface area (TPSA) is 44.8 Å². The zero-order valence-electron chi connectivity index (χ0n) is 18.6. The smallest absolute Gasteiger partial charge is 0.306 e. The molecule has 5 heteroatoms. The van der Waals surface area contributed by atoms with Crippen LogP contribution >= 0.6 is 0 Å². The van der Waals surface area contributed by atoms with Gasteiger partial charge < -0.3 is 13.9 Å². The molecule has 2 aromatic rings. The molecule has 0 radical (unpaired) electrons. The molecule has 0 aromatic heterocycles. The molecular weight excluding hydrogens is 392 g/mol. The van der Waals surface area contributed by atoms with Gasteiger partial charge in [-0.05, 0) is 28.3 Å². The van der Waals surface area contributed by atoms with Gasteiger partial charge in [0.2, 0.25) is 0 Å². The normalized spacial score (nSPS) is 18.3. The Morgan fingerprint density at radius 1 is 1.03 bits per heavy atom. The zero-order chi connectivity index (χ0) is 21.6. The molecule has 1 heterocycles. The number of carbonyl (C=O) groups excluding carboxylic acids is 1. The first-order valence-corrected chi connectivity index (χ1v) is 12.7. The van der Waals surface area contributed by atoms with Gasteiger partial charge in [0, 0.05) is 26.6 Å². The molecular formula is C25H34O4Si. The van der Waals surface area contributed by atoms with E-state index in [1.54, 1.807) is 7.11 Å². The monoisotopic (exact) mass is 426 g/mol. The number of hydrogen-bond donors (Lipinski definition) is 0. The van der Waals surface area contributed by atoms with Gasteiger partial charge in [0.15, 0.2) is 0 Å². The van der Waals surface area contributed by atoms with E-state index in [0.717, 1.165) is 19.3 Å². The number of benzene rings is 2. The Morgan fingerprint density at radius 3 is 2.03 bits per heavy atom. The van der Waals surface area contributed by atoms with E-state index in [9.17, 15) is 4.79 Å². The number of methoxy groups -OCH3 is 1. The number of ether oxygens (including phenoxy) is 2. The third-order valence-corrected chi connectivity index (χ3v) is 11.0. The Hall–Kier alpha value is -1.95. The summed E-state index contributed by atoms with van der Waals surface area (Å²) in [6, 6.07) is 21.3. The van der Waals surface area contributed by atoms with Gasteiger partial charge in [-0.1, -0.05) is 81.4 Å². The Labute approximate surface area is 181 Å². The number of carbonyl (C=O) groups is 1. The minimum Gasteiger partial charge on any atom is -0.462 e. The highest BCUT2D eigenvalue weighted by Crippen LogP contribution is 2.37. The molecule has 0 N–H and O–H groups in total. The first-order valence-electron chi connectivity index (χ1n) is 10.8. The maximum absolute atomic E-state index is 11.4. The van der Waals surface area contributed by atoms with Crippen molar-refractivity contribution in [2.45, 2.75) is 63.7 Å². The molecule has 1 aliphatic rings. The van der Waals surface area contributed by atoms with E-state index in [0.29, 0.717) is 13.0 Å². The number of cyclic esters (lactones) is 1. The van der Waals surface area contributed by atoms with Gasteiger partial charge >= 0.3 is 5.97 Å². The second kappa shape index (κ2) is 9.90. The van der Waals surface area contributed by atoms with Crippen molar-refractivity contribution >= 4 is 24.7 Å². The van der Waals surface area contributed by atoms with E-state index in [1.807, 2.05) is 0 Å². The largest absolute Gasteiger partial charge is 0.462 e. The molecule has 0 aliphatic carbocycles. The van der Waals surface area contributed by atoms with Crippen LogP contribution in [0, 0.1) is 0 Å². The lowest BCUT2D eigenvalue weighted by Crippen LogP contribution is -2.66. The molecule has 0 saturated carbocycles. The maximum Gasteiger partial charge on any atom is 0.306 e. The predicted octanol–water partition coefficient (Wildman–Crippen LogP) is 4.06. The van der Waals surface area contributed by atoms with Crippen molar-refractivity contribution in [1.82, 2.24) is 0 Å². The summed E-state index contributed by atoms with van der Waals surface area (Å²) in [5, 5.41) is 2.52. The molecule has 0 unspecified atom stereocenters. The summed E-state index contributed by atoms with van der Waals surface area (Å²) in [7, 11) is -0.799. The quantitative estimate of drug-likeness (QED) is 0.448. The van der Waals surface area contributed by atoms with Crippen LogP contribution in [-0.2, 0) is 18.7 Å². The summed E-state index contributed by atoms with van der Waals surface area (Å²) >= 11 is 0. The Kier molecular flexibility index (Phi) is 7.50. The second-order valence-electron chi connectivity index (χ2n) is 9.04. The van der Waals surface area contributed by atoms with E-state index < -0.39 is 8.32 Å². The standard InChI is InChI=1S/C25H34O4Si/c1-25(2,3)30(22-11-7-5-8-12-22,23-13-9-6-10-14-23)28-18-17-20(27-4)19-21-15-16-24(26)29-21/h5-14,20-21H,15-19H2,1-4H3/t20-,21+/m0/s1. The molecule has 162 valence electrons. The number of rotatable bonds is 9. The van der Waals surface area contributed by atoms with E-state index in [2.05, 4.69) is 81.4 Å². The van der Waals surface area contributed by atoms with E-state index in [4.69, 9.17) is 13.9 Å². The van der Waals surface area contributed by atoms with Gasteiger partial charge in [-0.25, -0.2) is 0 Å². The SMILES string of the molecule is CO[C@@H](CCO[Si](c1ccccc1)(c1ccccc1)C(C)(C)C)C[C@H]1CCC(=O)O1. The van der Waals surface area contributed by atoms with Gasteiger partial charge in [-0.3, -0.25) is 4.79 Å². The van der Waals surface area contributed by atoms with Gasteiger partial charge in [0.25, 0.3) is 8.32 Å². The summed E-state index contributed by atoms with van der Waals surface area (Å²) in [5.41, 5.74) is 0. The molecule has 4 nitrogen and oxygen atoms in total. The average molecular weight is 427 g/mol. The lowest BCUT2D eigenvalue weighted by atomic mass is 10.1. The van der Waals surface area contributed by atoms with Gasteiger partial charge in [0.1, 0.15) is 6.10 Å². The first kappa shape index (κ1) is 22.7. The van der Waals surface area contributed by atoms with E-state index in [-0.39, 0.29) is 23.2 Å². The van der Waals surface area contributed by atoms with Crippen molar-refractivity contribution in [2.75, 3.05) is 13.7 Å². The van der Waals surface area contributed by atoms with Crippen LogP contribution in [0.3, 0.4) is 0 Å². The molecule has 1 fully saturated rings. The van der Waals surface area contributed by atoms with Crippen LogP contribution in [-0.4, -0.2) is 40.2 Å². The van der Waals surface area contributed by atoms with Crippen LogP contribution in [0.5, 0.6) is 0 Å². The lowest BCUT2D eigenvalue weighted by molar-refractivity contribution is -0.142. The van der Waals surface area contributed by atoms with Gasteiger partial charge in [0.05, 0.1) is 6.10 Å². The molecule has 30 heavy (non-hydrogen) atoms. The molecule has 0 spiro atoms. The van der Waals surface area contributed by atoms with E-state index in [1.165, 1.54) is 10.4 Å². The van der Waals surface area contributed by atoms with Crippen molar-refractivity contribution in [2.24, 2.45) is 0 Å². The summed E-state index contributed by atoms with van der Waals surface area (Å²) in [4.78, 5) is 11.4. The molecule has 2 aromatic carbocycles. The third kappa shape index (κ3) is 5.02. The number of hydrogen-bond acceptors (Lipinski definition) is 4. The van der Waals surface area contributed by atoms with Crippen LogP contribution in [0.1, 0.15) is 46.5 Å². The molecule has 1 saturated heterocycles. The summed E-state index contributed by atoms with van der Waals surface area (Å²) in [5.74, 6) is -0.0987. The molecule has 0 bridgehead atoms. The minimum atomic E-state index is -2.53. The van der Waals surface area contributed by atoms with E-state index >= 15 is 0 Å². The third-order valence-electron chi connectivity index (χ3n) is 6.00. The summed E-state index contributed by atoms with van der Waals surface area (Å²) < 4.78 is 18.0. The maximum atomic E-state index is 11.4. The van der Waals surface area contributed by atoms with Crippen LogP contribution < -0.4 is 10.4 Å². The second-order valence-corrected chi connectivity index (χ2v) is 13.4. The van der Waals surface area contributed by atoms with Crippen molar-refractivity contribution in [3.8, 4) is 0 Å². The minimum absolute atomic E-state index is 0.0131. The average Bonchev–Trinajstić information content (AvgIpc) is 3.15. The highest BCUT2D eigenvalue weighted by atomic mass is 28.4. The predicted molar refractivity (Wildman–Crippen MR) is 123 cm³/mol. The highest BCUT2D eigenvalue weighted by molar-refractivity contribution is 6.99. The summed E-state index contributed by atoms with van der Waals surface area (Å²) in [6.07, 6.45) is 2.78. The van der Waals surface area contributed by atoms with Gasteiger partial charge in [-0.2, -0.15) is 0 Å². The first-order chi connectivity index (χ1) is 14.4. The molecule has 3 rings (SSSR count). The zero-order valence-corrected chi connectivity index (χ0v) is 19.6. The Bertz CT molecular complexity index is 761. The molecule has 1 aliphatic heterocycles. The fraction of sp³-hybridized carbons (Fsp3) is 0.480. The van der Waals surface area contributed by atoms with Crippen molar-refractivity contribution in [3.05, 3.63) is 60.7 Å². The van der Waals surface area contributed by atoms with Crippen molar-refractivity contribution in [1.29, 1.82) is 0 Å². The van der Waals surface area contributed by atoms with Crippen LogP contribution in [0.25, 0.3) is 0 Å². The van der Waals surface area contributed by atoms with Crippen molar-refractivity contribution in [3.63, 3.8) is 0 Å². The van der Waals surface area contributed by atoms with Crippen molar-refractivity contribution < 1.29 is 18.7 Å². The van der Waals surface area contributed by atoms with Crippen LogP contribution in [0.4, 0.5) is 0 Å². The molecule has 2 atom stereocenters. The van der Waals surface area contributed by atoms with Crippen LogP contribution in [0.2, 0.25) is 5.04 Å². The highest BCUT2D eigenvalue weighted by Gasteiger charge is 2.50. The fourth-order valence-electron chi connectivity index (χ4n) is 4.48. The fourth-order valence-corrected chi connectivity index (χ4v) is 9.06. The van der Waals surface area contributed by atoms with Crippen LogP contribution in [0.15, 0.2) is 60.7 Å².